The van der Waals surface area contributed by atoms with E-state index in [2.05, 4.69) is 184 Å². The van der Waals surface area contributed by atoms with Gasteiger partial charge in [-0.3, -0.25) is 0 Å². The van der Waals surface area contributed by atoms with Crippen LogP contribution in [-0.2, 0) is 21.1 Å². The third-order valence-corrected chi connectivity index (χ3v) is 11.8. The van der Waals surface area contributed by atoms with Crippen molar-refractivity contribution in [2.75, 3.05) is 9.80 Å². The number of fused-ring (bicyclic) bond motifs is 4. The minimum absolute atomic E-state index is 0. The van der Waals surface area contributed by atoms with Crippen LogP contribution in [0.2, 0.25) is 0 Å². The van der Waals surface area contributed by atoms with Gasteiger partial charge in [-0.25, -0.2) is 9.37 Å². The van der Waals surface area contributed by atoms with Crippen LogP contribution in [0.3, 0.4) is 0 Å². The Labute approximate surface area is 383 Å². The summed E-state index contributed by atoms with van der Waals surface area (Å²) in [7, 11) is 0. The van der Waals surface area contributed by atoms with Crippen LogP contribution in [0.25, 0.3) is 49.9 Å². The Morgan fingerprint density at radius 3 is 2.00 bits per heavy atom. The monoisotopic (exact) mass is 1000 g/mol. The number of rotatable bonds is 9. The van der Waals surface area contributed by atoms with Gasteiger partial charge >= 0.3 is 0 Å². The Morgan fingerprint density at radius 1 is 0.587 bits per heavy atom. The van der Waals surface area contributed by atoms with Crippen LogP contribution in [0.5, 0.6) is 11.5 Å². The molecule has 316 valence electrons. The normalized spacial score (nSPS) is 12.4. The molecule has 3 heterocycles. The largest absolute Gasteiger partial charge is 0.509 e. The van der Waals surface area contributed by atoms with Crippen LogP contribution in [-0.4, -0.2) is 9.55 Å². The molecule has 5 nitrogen and oxygen atoms in total. The van der Waals surface area contributed by atoms with E-state index in [9.17, 15) is 4.39 Å². The average molecular weight is 1010 g/mol. The number of ether oxygens (including phenoxy) is 1. The first kappa shape index (κ1) is 41.8. The molecule has 0 atom stereocenters. The molecular weight excluding hydrogens is 959 g/mol. The molecule has 0 fully saturated rings. The fourth-order valence-electron chi connectivity index (χ4n) is 8.71. The van der Waals surface area contributed by atoms with Gasteiger partial charge in [-0.1, -0.05) is 106 Å². The predicted octanol–water partition coefficient (Wildman–Crippen LogP) is 15.3. The number of para-hydroxylation sites is 3. The fourth-order valence-corrected chi connectivity index (χ4v) is 8.71. The topological polar surface area (TPSA) is 33.5 Å². The van der Waals surface area contributed by atoms with E-state index in [1.54, 1.807) is 12.1 Å². The van der Waals surface area contributed by atoms with Gasteiger partial charge in [0.1, 0.15) is 11.6 Å². The molecule has 1 aliphatic heterocycles. The van der Waals surface area contributed by atoms with Crippen LogP contribution >= 0.6 is 0 Å². The number of benzene rings is 7. The maximum absolute atomic E-state index is 14.5. The number of hydrogen-bond donors (Lipinski definition) is 0. The molecule has 0 amide bonds. The second-order valence-corrected chi connectivity index (χ2v) is 16.9. The number of aryl methyl sites for hydroxylation is 2. The van der Waals surface area contributed by atoms with Crippen LogP contribution in [0.15, 0.2) is 152 Å². The van der Waals surface area contributed by atoms with Gasteiger partial charge in [0.2, 0.25) is 0 Å². The zero-order chi connectivity index (χ0) is 42.6. The van der Waals surface area contributed by atoms with E-state index in [0.29, 0.717) is 11.5 Å². The molecule has 0 bridgehead atoms. The van der Waals surface area contributed by atoms with E-state index < -0.39 is 0 Å². The van der Waals surface area contributed by atoms with Crippen molar-refractivity contribution >= 4 is 44.6 Å². The van der Waals surface area contributed by atoms with Crippen molar-refractivity contribution < 1.29 is 30.2 Å². The first-order valence-electron chi connectivity index (χ1n) is 21.3. The Morgan fingerprint density at radius 2 is 1.29 bits per heavy atom. The van der Waals surface area contributed by atoms with Gasteiger partial charge in [0.15, 0.2) is 0 Å². The molecule has 7 aromatic carbocycles. The van der Waals surface area contributed by atoms with Gasteiger partial charge < -0.3 is 19.1 Å². The molecule has 1 aliphatic rings. The number of aromatic nitrogens is 2. The van der Waals surface area contributed by atoms with E-state index in [-0.39, 0.29) is 38.7 Å². The Kier molecular flexibility index (Phi) is 11.3. The Balaban J connectivity index is 0.00000504. The molecule has 0 unspecified atom stereocenters. The van der Waals surface area contributed by atoms with Gasteiger partial charge in [-0.05, 0) is 119 Å². The molecular formula is C56H46FN4OPt-3. The van der Waals surface area contributed by atoms with Gasteiger partial charge in [0.05, 0.1) is 0 Å². The molecule has 9 aromatic rings. The number of nitrogens with zero attached hydrogens (tertiary/aromatic N) is 4. The van der Waals surface area contributed by atoms with Crippen LogP contribution in [0, 0.1) is 38.5 Å². The minimum atomic E-state index is -0.241. The summed E-state index contributed by atoms with van der Waals surface area (Å²) in [4.78, 5) is 9.30. The third-order valence-electron chi connectivity index (χ3n) is 11.8. The van der Waals surface area contributed by atoms with Gasteiger partial charge in [0, 0.05) is 61.3 Å². The second-order valence-electron chi connectivity index (χ2n) is 16.9. The summed E-state index contributed by atoms with van der Waals surface area (Å²) in [6.45, 7) is 15.3. The number of anilines is 4. The van der Waals surface area contributed by atoms with Crippen molar-refractivity contribution in [3.63, 3.8) is 0 Å². The molecule has 63 heavy (non-hydrogen) atoms. The summed E-state index contributed by atoms with van der Waals surface area (Å²) in [6.07, 6.45) is 1.85. The summed E-state index contributed by atoms with van der Waals surface area (Å²) < 4.78 is 23.5. The van der Waals surface area contributed by atoms with Crippen LogP contribution in [0.1, 0.15) is 61.8 Å². The first-order chi connectivity index (χ1) is 30.1. The molecule has 2 aromatic heterocycles. The van der Waals surface area contributed by atoms with Crippen molar-refractivity contribution in [1.82, 2.24) is 9.55 Å². The van der Waals surface area contributed by atoms with Crippen molar-refractivity contribution in [2.45, 2.75) is 53.4 Å². The van der Waals surface area contributed by atoms with Gasteiger partial charge in [-0.15, -0.1) is 53.6 Å². The van der Waals surface area contributed by atoms with E-state index in [1.165, 1.54) is 22.8 Å². The van der Waals surface area contributed by atoms with Crippen LogP contribution < -0.4 is 14.5 Å². The maximum Gasteiger partial charge on any atom is 0.135 e. The molecule has 0 spiro atoms. The predicted molar refractivity (Wildman–Crippen MR) is 253 cm³/mol. The van der Waals surface area contributed by atoms with Gasteiger partial charge in [-0.2, -0.15) is 6.07 Å². The quantitative estimate of drug-likeness (QED) is 0.135. The van der Waals surface area contributed by atoms with Crippen molar-refractivity contribution in [3.8, 4) is 39.6 Å². The summed E-state index contributed by atoms with van der Waals surface area (Å²) in [5.74, 6) is 2.12. The molecule has 0 saturated heterocycles. The van der Waals surface area contributed by atoms with Crippen LogP contribution in [0.4, 0.5) is 27.1 Å². The Hall–Kier alpha value is -6.49. The van der Waals surface area contributed by atoms with Crippen molar-refractivity contribution in [1.29, 1.82) is 0 Å². The zero-order valence-corrected chi connectivity index (χ0v) is 38.3. The standard InChI is InChI=1S/C56H46FN4O.Pt/c1-35(2)49-30-42(40-12-11-13-43(57)27-40)31-50(36(3)4)56(49)60-34-59(52-16-9-10-17-53(52)60)44-28-41(39-20-18-37(5)19-21-39)29-46(32-44)62-45-22-23-48-47-14-7-8-15-51(47)61(54(48)33-45)55-26-38(6)24-25-58-55;/h7-31,34-36H,1-6H3;/q-3;. The zero-order valence-electron chi connectivity index (χ0n) is 36.1. The van der Waals surface area contributed by atoms with E-state index in [0.717, 1.165) is 78.2 Å². The molecule has 0 N–H and O–H groups in total. The van der Waals surface area contributed by atoms with Gasteiger partial charge in [0.25, 0.3) is 0 Å². The Bertz CT molecular complexity index is 3120. The third kappa shape index (κ3) is 7.83. The molecule has 0 radical (unpaired) electrons. The minimum Gasteiger partial charge on any atom is -0.509 e. The summed E-state index contributed by atoms with van der Waals surface area (Å²) >= 11 is 0. The van der Waals surface area contributed by atoms with E-state index in [4.69, 9.17) is 9.72 Å². The molecule has 7 heteroatoms. The second kappa shape index (κ2) is 17.0. The number of hydrogen-bond acceptors (Lipinski definition) is 4. The smallest absolute Gasteiger partial charge is 0.135 e. The SMILES string of the molecule is Cc1ccc(-c2cc(Oc3[c-]c4c(cc3)c3ccccc3n4-c3cc(C)ccn3)[c-]c(N3[CH-]N(c4c(C(C)C)cc(-c5cccc(F)c5)cc4C(C)C)c4ccccc43)c2)cc1.[Pt]. The number of halogens is 1. The molecule has 10 rings (SSSR count). The summed E-state index contributed by atoms with van der Waals surface area (Å²) in [5, 5.41) is 2.20. The van der Waals surface area contributed by atoms with Crippen molar-refractivity contribution in [3.05, 3.63) is 199 Å². The molecule has 0 aliphatic carbocycles. The van der Waals surface area contributed by atoms with Crippen molar-refractivity contribution in [2.24, 2.45) is 0 Å². The average Bonchev–Trinajstić information content (AvgIpc) is 3.82. The molecule has 0 saturated carbocycles. The summed E-state index contributed by atoms with van der Waals surface area (Å²) in [5.41, 5.74) is 14.7. The van der Waals surface area contributed by atoms with E-state index >= 15 is 0 Å². The first-order valence-corrected chi connectivity index (χ1v) is 21.3. The number of pyridine rings is 1. The summed E-state index contributed by atoms with van der Waals surface area (Å²) in [6, 6.07) is 56.6. The fraction of sp³-hybridized carbons (Fsp3) is 0.143. The van der Waals surface area contributed by atoms with E-state index in [1.807, 2.05) is 24.4 Å². The maximum atomic E-state index is 14.5.